The van der Waals surface area contributed by atoms with Crippen LogP contribution in [0.2, 0.25) is 0 Å². The Hall–Kier alpha value is -2.10. The van der Waals surface area contributed by atoms with E-state index in [1.165, 1.54) is 11.6 Å². The minimum atomic E-state index is -0.133. The molecule has 100 valence electrons. The first kappa shape index (κ1) is 13.3. The highest BCUT2D eigenvalue weighted by Gasteiger charge is 2.05. The Morgan fingerprint density at radius 1 is 1.26 bits per heavy atom. The fourth-order valence-corrected chi connectivity index (χ4v) is 1.79. The third-order valence-electron chi connectivity index (χ3n) is 2.98. The molecule has 0 fully saturated rings. The molecule has 0 aliphatic heterocycles. The molecule has 4 nitrogen and oxygen atoms in total. The van der Waals surface area contributed by atoms with Gasteiger partial charge < -0.3 is 5.32 Å². The van der Waals surface area contributed by atoms with Crippen molar-refractivity contribution >= 4 is 11.6 Å². The number of nitrogens with one attached hydrogen (secondary N) is 2. The molecule has 0 aliphatic rings. The van der Waals surface area contributed by atoms with Crippen molar-refractivity contribution < 1.29 is 0 Å². The van der Waals surface area contributed by atoms with E-state index in [-0.39, 0.29) is 11.5 Å². The number of aromatic nitrogens is 2. The Morgan fingerprint density at radius 3 is 2.53 bits per heavy atom. The molecule has 4 heteroatoms. The number of benzene rings is 1. The molecular formula is C15H19N3O. The summed E-state index contributed by atoms with van der Waals surface area (Å²) < 4.78 is 0. The van der Waals surface area contributed by atoms with Gasteiger partial charge in [-0.15, -0.1) is 0 Å². The maximum absolute atomic E-state index is 11.6. The molecule has 1 aromatic heterocycles. The number of hydrogen-bond acceptors (Lipinski definition) is 3. The molecule has 2 aromatic rings. The second-order valence-electron chi connectivity index (χ2n) is 4.85. The third-order valence-corrected chi connectivity index (χ3v) is 2.98. The Morgan fingerprint density at radius 2 is 1.95 bits per heavy atom. The van der Waals surface area contributed by atoms with Gasteiger partial charge in [-0.2, -0.15) is 0 Å². The molecule has 0 aliphatic carbocycles. The van der Waals surface area contributed by atoms with E-state index in [9.17, 15) is 4.79 Å². The fraction of sp³-hybridized carbons (Fsp3) is 0.333. The van der Waals surface area contributed by atoms with Gasteiger partial charge in [0.05, 0.1) is 5.69 Å². The summed E-state index contributed by atoms with van der Waals surface area (Å²) in [4.78, 5) is 18.7. The first-order valence-electron chi connectivity index (χ1n) is 6.55. The average molecular weight is 257 g/mol. The van der Waals surface area contributed by atoms with E-state index < -0.39 is 0 Å². The SMILES string of the molecule is CCc1ccc(Nc2nc(C(C)C)cc(=O)[nH]2)cc1. The summed E-state index contributed by atoms with van der Waals surface area (Å²) in [6, 6.07) is 9.64. The van der Waals surface area contributed by atoms with Crippen LogP contribution >= 0.6 is 0 Å². The molecule has 0 saturated carbocycles. The summed E-state index contributed by atoms with van der Waals surface area (Å²) in [6.45, 7) is 6.15. The number of rotatable bonds is 4. The van der Waals surface area contributed by atoms with Gasteiger partial charge >= 0.3 is 0 Å². The molecular weight excluding hydrogens is 238 g/mol. The smallest absolute Gasteiger partial charge is 0.252 e. The van der Waals surface area contributed by atoms with Crippen LogP contribution in [0, 0.1) is 0 Å². The van der Waals surface area contributed by atoms with Gasteiger partial charge in [0, 0.05) is 11.8 Å². The van der Waals surface area contributed by atoms with Crippen LogP contribution in [0.25, 0.3) is 0 Å². The highest BCUT2D eigenvalue weighted by atomic mass is 16.1. The number of hydrogen-bond donors (Lipinski definition) is 2. The van der Waals surface area contributed by atoms with Crippen molar-refractivity contribution in [3.63, 3.8) is 0 Å². The first-order valence-corrected chi connectivity index (χ1v) is 6.55. The lowest BCUT2D eigenvalue weighted by atomic mass is 10.1. The van der Waals surface area contributed by atoms with Crippen LogP contribution in [-0.4, -0.2) is 9.97 Å². The summed E-state index contributed by atoms with van der Waals surface area (Å²) in [7, 11) is 0. The molecule has 0 atom stereocenters. The molecule has 19 heavy (non-hydrogen) atoms. The maximum Gasteiger partial charge on any atom is 0.252 e. The lowest BCUT2D eigenvalue weighted by Gasteiger charge is -2.09. The van der Waals surface area contributed by atoms with E-state index in [4.69, 9.17) is 0 Å². The largest absolute Gasteiger partial charge is 0.326 e. The van der Waals surface area contributed by atoms with E-state index in [0.29, 0.717) is 5.95 Å². The molecule has 2 rings (SSSR count). The highest BCUT2D eigenvalue weighted by molar-refractivity contribution is 5.53. The van der Waals surface area contributed by atoms with Gasteiger partial charge in [-0.05, 0) is 30.0 Å². The number of aromatic amines is 1. The lowest BCUT2D eigenvalue weighted by Crippen LogP contribution is -2.12. The Balaban J connectivity index is 2.24. The van der Waals surface area contributed by atoms with Crippen molar-refractivity contribution in [2.45, 2.75) is 33.1 Å². The predicted molar refractivity (Wildman–Crippen MR) is 78.0 cm³/mol. The second kappa shape index (κ2) is 5.69. The van der Waals surface area contributed by atoms with Crippen LogP contribution < -0.4 is 10.9 Å². The van der Waals surface area contributed by atoms with Crippen molar-refractivity contribution in [3.05, 3.63) is 51.9 Å². The first-order chi connectivity index (χ1) is 9.08. The monoisotopic (exact) mass is 257 g/mol. The van der Waals surface area contributed by atoms with E-state index in [1.54, 1.807) is 0 Å². The zero-order chi connectivity index (χ0) is 13.8. The molecule has 0 bridgehead atoms. The molecule has 2 N–H and O–H groups in total. The fourth-order valence-electron chi connectivity index (χ4n) is 1.79. The van der Waals surface area contributed by atoms with Gasteiger partial charge in [0.1, 0.15) is 0 Å². The van der Waals surface area contributed by atoms with Gasteiger partial charge in [0.15, 0.2) is 0 Å². The Labute approximate surface area is 112 Å². The summed E-state index contributed by atoms with van der Waals surface area (Å²) in [5, 5.41) is 3.12. The second-order valence-corrected chi connectivity index (χ2v) is 4.85. The van der Waals surface area contributed by atoms with Crippen molar-refractivity contribution in [1.29, 1.82) is 0 Å². The maximum atomic E-state index is 11.6. The van der Waals surface area contributed by atoms with Gasteiger partial charge in [0.2, 0.25) is 5.95 Å². The molecule has 0 spiro atoms. The van der Waals surface area contributed by atoms with Crippen LogP contribution in [0.1, 0.15) is 37.9 Å². The van der Waals surface area contributed by atoms with Gasteiger partial charge in [0.25, 0.3) is 5.56 Å². The molecule has 0 radical (unpaired) electrons. The van der Waals surface area contributed by atoms with Crippen molar-refractivity contribution in [2.24, 2.45) is 0 Å². The highest BCUT2D eigenvalue weighted by Crippen LogP contribution is 2.15. The minimum Gasteiger partial charge on any atom is -0.326 e. The van der Waals surface area contributed by atoms with Crippen molar-refractivity contribution in [2.75, 3.05) is 5.32 Å². The molecule has 1 heterocycles. The van der Waals surface area contributed by atoms with Crippen LogP contribution in [0.5, 0.6) is 0 Å². The van der Waals surface area contributed by atoms with Gasteiger partial charge in [-0.25, -0.2) is 4.98 Å². The standard InChI is InChI=1S/C15H19N3O/c1-4-11-5-7-12(8-6-11)16-15-17-13(10(2)3)9-14(19)18-15/h5-10H,4H2,1-3H3,(H2,16,17,18,19). The summed E-state index contributed by atoms with van der Waals surface area (Å²) in [5.41, 5.74) is 2.85. The number of anilines is 2. The number of nitrogens with zero attached hydrogens (tertiary/aromatic N) is 1. The van der Waals surface area contributed by atoms with Crippen molar-refractivity contribution in [1.82, 2.24) is 9.97 Å². The predicted octanol–water partition coefficient (Wildman–Crippen LogP) is 3.20. The van der Waals surface area contributed by atoms with E-state index in [0.717, 1.165) is 17.8 Å². The van der Waals surface area contributed by atoms with Crippen LogP contribution in [0.3, 0.4) is 0 Å². The summed E-state index contributed by atoms with van der Waals surface area (Å²) >= 11 is 0. The lowest BCUT2D eigenvalue weighted by molar-refractivity contribution is 0.812. The molecule has 0 amide bonds. The number of aryl methyl sites for hydroxylation is 1. The Kier molecular flexibility index (Phi) is 4.00. The summed E-state index contributed by atoms with van der Waals surface area (Å²) in [5.74, 6) is 0.714. The van der Waals surface area contributed by atoms with Gasteiger partial charge in [-0.1, -0.05) is 32.9 Å². The van der Waals surface area contributed by atoms with Crippen LogP contribution in [0.15, 0.2) is 35.1 Å². The van der Waals surface area contributed by atoms with E-state index in [1.807, 2.05) is 26.0 Å². The minimum absolute atomic E-state index is 0.133. The van der Waals surface area contributed by atoms with Crippen LogP contribution in [0.4, 0.5) is 11.6 Å². The van der Waals surface area contributed by atoms with Crippen LogP contribution in [-0.2, 0) is 6.42 Å². The normalized spacial score (nSPS) is 10.7. The topological polar surface area (TPSA) is 57.8 Å². The summed E-state index contributed by atoms with van der Waals surface area (Å²) in [6.07, 6.45) is 1.01. The van der Waals surface area contributed by atoms with E-state index in [2.05, 4.69) is 34.3 Å². The Bertz CT molecular complexity index is 600. The van der Waals surface area contributed by atoms with E-state index >= 15 is 0 Å². The molecule has 1 aromatic carbocycles. The van der Waals surface area contributed by atoms with Gasteiger partial charge in [-0.3, -0.25) is 9.78 Å². The third kappa shape index (κ3) is 3.44. The van der Waals surface area contributed by atoms with Crippen molar-refractivity contribution in [3.8, 4) is 0 Å². The zero-order valence-electron chi connectivity index (χ0n) is 11.5. The quantitative estimate of drug-likeness (QED) is 0.884. The molecule has 0 saturated heterocycles. The molecule has 0 unspecified atom stereocenters. The zero-order valence-corrected chi connectivity index (χ0v) is 11.5. The average Bonchev–Trinajstić information content (AvgIpc) is 2.39. The number of H-pyrrole nitrogens is 1.